The van der Waals surface area contributed by atoms with E-state index >= 15 is 0 Å². The van der Waals surface area contributed by atoms with Crippen LogP contribution in [-0.2, 0) is 19.1 Å². The second-order valence-electron chi connectivity index (χ2n) is 5.93. The van der Waals surface area contributed by atoms with Crippen molar-refractivity contribution in [1.29, 1.82) is 0 Å². The lowest BCUT2D eigenvalue weighted by molar-refractivity contribution is -0.143. The molecular formula is C18H34O4. The van der Waals surface area contributed by atoms with Crippen molar-refractivity contribution in [3.63, 3.8) is 0 Å². The highest BCUT2D eigenvalue weighted by molar-refractivity contribution is 5.84. The number of hydrogen-bond donors (Lipinski definition) is 0. The predicted molar refractivity (Wildman–Crippen MR) is 88.9 cm³/mol. The van der Waals surface area contributed by atoms with Gasteiger partial charge in [-0.15, -0.1) is 0 Å². The number of unbranched alkanes of at least 4 members (excludes halogenated alkanes) is 5. The molecule has 0 bridgehead atoms. The van der Waals surface area contributed by atoms with E-state index < -0.39 is 5.60 Å². The monoisotopic (exact) mass is 314 g/mol. The topological polar surface area (TPSA) is 52.6 Å². The second kappa shape index (κ2) is 12.6. The third-order valence-electron chi connectivity index (χ3n) is 4.23. The van der Waals surface area contributed by atoms with Crippen molar-refractivity contribution < 1.29 is 19.1 Å². The largest absolute Gasteiger partial charge is 0.466 e. The van der Waals surface area contributed by atoms with E-state index in [9.17, 15) is 9.59 Å². The standard InChI is InChI=1S/C18H34O4/c1-5-7-8-11-14-18(21-4,16(3)19)15-12-9-10-13-17(20)22-6-2/h5-15H2,1-4H3. The van der Waals surface area contributed by atoms with E-state index in [1.165, 1.54) is 12.8 Å². The van der Waals surface area contributed by atoms with Crippen LogP contribution in [0.1, 0.15) is 85.0 Å². The fourth-order valence-corrected chi connectivity index (χ4v) is 2.75. The first-order chi connectivity index (χ1) is 10.5. The minimum atomic E-state index is -0.627. The van der Waals surface area contributed by atoms with Crippen LogP contribution >= 0.6 is 0 Å². The van der Waals surface area contributed by atoms with Crippen molar-refractivity contribution in [3.05, 3.63) is 0 Å². The van der Waals surface area contributed by atoms with Crippen LogP contribution in [0.25, 0.3) is 0 Å². The molecule has 4 heteroatoms. The maximum Gasteiger partial charge on any atom is 0.305 e. The molecule has 0 heterocycles. The Bertz CT molecular complexity index is 314. The van der Waals surface area contributed by atoms with Gasteiger partial charge in [-0.05, 0) is 33.1 Å². The molecule has 130 valence electrons. The average molecular weight is 314 g/mol. The SMILES string of the molecule is CCCCCCC(CCCCCC(=O)OCC)(OC)C(C)=O. The van der Waals surface area contributed by atoms with Crippen LogP contribution in [0.5, 0.6) is 0 Å². The molecule has 0 N–H and O–H groups in total. The van der Waals surface area contributed by atoms with Gasteiger partial charge in [0.25, 0.3) is 0 Å². The maximum atomic E-state index is 12.0. The van der Waals surface area contributed by atoms with E-state index in [0.29, 0.717) is 13.0 Å². The molecule has 0 rings (SSSR count). The summed E-state index contributed by atoms with van der Waals surface area (Å²) in [5.41, 5.74) is -0.627. The van der Waals surface area contributed by atoms with Crippen LogP contribution < -0.4 is 0 Å². The molecule has 0 aromatic carbocycles. The molecule has 0 radical (unpaired) electrons. The molecule has 0 aliphatic carbocycles. The Labute approximate surface area is 135 Å². The first kappa shape index (κ1) is 21.1. The molecule has 0 spiro atoms. The van der Waals surface area contributed by atoms with Gasteiger partial charge in [0.15, 0.2) is 5.78 Å². The van der Waals surface area contributed by atoms with Crippen LogP contribution in [0.15, 0.2) is 0 Å². The van der Waals surface area contributed by atoms with Crippen molar-refractivity contribution in [2.45, 2.75) is 90.6 Å². The Balaban J connectivity index is 4.13. The quantitative estimate of drug-likeness (QED) is 0.351. The van der Waals surface area contributed by atoms with Crippen molar-refractivity contribution in [1.82, 2.24) is 0 Å². The van der Waals surface area contributed by atoms with Gasteiger partial charge in [-0.25, -0.2) is 0 Å². The number of carbonyl (C=O) groups excluding carboxylic acids is 2. The Morgan fingerprint density at radius 3 is 1.95 bits per heavy atom. The second-order valence-corrected chi connectivity index (χ2v) is 5.93. The Kier molecular flexibility index (Phi) is 12.1. The van der Waals surface area contributed by atoms with E-state index in [1.807, 2.05) is 6.92 Å². The number of ether oxygens (including phenoxy) is 2. The van der Waals surface area contributed by atoms with Gasteiger partial charge in [0.1, 0.15) is 5.60 Å². The summed E-state index contributed by atoms with van der Waals surface area (Å²) < 4.78 is 10.5. The van der Waals surface area contributed by atoms with E-state index in [2.05, 4.69) is 6.92 Å². The molecule has 0 aromatic rings. The van der Waals surface area contributed by atoms with Crippen LogP contribution in [0, 0.1) is 0 Å². The molecule has 22 heavy (non-hydrogen) atoms. The third-order valence-corrected chi connectivity index (χ3v) is 4.23. The first-order valence-corrected chi connectivity index (χ1v) is 8.74. The average Bonchev–Trinajstić information content (AvgIpc) is 2.49. The van der Waals surface area contributed by atoms with Gasteiger partial charge in [-0.2, -0.15) is 0 Å². The molecule has 0 aliphatic rings. The number of rotatable bonds is 14. The first-order valence-electron chi connectivity index (χ1n) is 8.74. The van der Waals surface area contributed by atoms with Crippen molar-refractivity contribution in [2.75, 3.05) is 13.7 Å². The third kappa shape index (κ3) is 8.52. The Morgan fingerprint density at radius 2 is 1.50 bits per heavy atom. The Hall–Kier alpha value is -0.900. The van der Waals surface area contributed by atoms with Gasteiger partial charge < -0.3 is 9.47 Å². The minimum absolute atomic E-state index is 0.122. The van der Waals surface area contributed by atoms with E-state index in [0.717, 1.165) is 44.9 Å². The van der Waals surface area contributed by atoms with Crippen LogP contribution in [0.4, 0.5) is 0 Å². The van der Waals surface area contributed by atoms with Gasteiger partial charge in [-0.1, -0.05) is 45.4 Å². The molecule has 0 aliphatic heterocycles. The molecule has 0 saturated heterocycles. The summed E-state index contributed by atoms with van der Waals surface area (Å²) in [6, 6.07) is 0. The summed E-state index contributed by atoms with van der Waals surface area (Å²) in [6.45, 7) is 6.06. The lowest BCUT2D eigenvalue weighted by Gasteiger charge is -2.30. The smallest absolute Gasteiger partial charge is 0.305 e. The van der Waals surface area contributed by atoms with Crippen LogP contribution in [0.2, 0.25) is 0 Å². The number of esters is 1. The molecule has 0 aromatic heterocycles. The summed E-state index contributed by atoms with van der Waals surface area (Å²) in [7, 11) is 1.64. The van der Waals surface area contributed by atoms with Gasteiger partial charge in [0.2, 0.25) is 0 Å². The highest BCUT2D eigenvalue weighted by Gasteiger charge is 2.33. The molecule has 1 unspecified atom stereocenters. The highest BCUT2D eigenvalue weighted by Crippen LogP contribution is 2.27. The zero-order chi connectivity index (χ0) is 16.8. The molecule has 4 nitrogen and oxygen atoms in total. The van der Waals surface area contributed by atoms with Crippen molar-refractivity contribution in [3.8, 4) is 0 Å². The number of methoxy groups -OCH3 is 1. The summed E-state index contributed by atoms with van der Waals surface area (Å²) in [5.74, 6) is -0.0106. The molecule has 0 saturated carbocycles. The fraction of sp³-hybridized carbons (Fsp3) is 0.889. The zero-order valence-corrected chi connectivity index (χ0v) is 14.9. The highest BCUT2D eigenvalue weighted by atomic mass is 16.5. The molecule has 0 amide bonds. The van der Waals surface area contributed by atoms with Gasteiger partial charge in [0, 0.05) is 13.5 Å². The number of Topliss-reactive ketones (excluding diaryl/α,β-unsaturated/α-hetero) is 1. The summed E-state index contributed by atoms with van der Waals surface area (Å²) in [6.07, 6.45) is 9.22. The summed E-state index contributed by atoms with van der Waals surface area (Å²) >= 11 is 0. The number of ketones is 1. The molecule has 1 atom stereocenters. The number of hydrogen-bond acceptors (Lipinski definition) is 4. The fourth-order valence-electron chi connectivity index (χ4n) is 2.75. The summed E-state index contributed by atoms with van der Waals surface area (Å²) in [4.78, 5) is 23.3. The Morgan fingerprint density at radius 1 is 0.909 bits per heavy atom. The van der Waals surface area contributed by atoms with Crippen LogP contribution in [0.3, 0.4) is 0 Å². The summed E-state index contributed by atoms with van der Waals surface area (Å²) in [5, 5.41) is 0. The lowest BCUT2D eigenvalue weighted by atomic mass is 9.86. The van der Waals surface area contributed by atoms with E-state index in [4.69, 9.17) is 9.47 Å². The maximum absolute atomic E-state index is 12.0. The zero-order valence-electron chi connectivity index (χ0n) is 14.9. The van der Waals surface area contributed by atoms with Crippen LogP contribution in [-0.4, -0.2) is 31.1 Å². The van der Waals surface area contributed by atoms with E-state index in [-0.39, 0.29) is 11.8 Å². The predicted octanol–water partition coefficient (Wildman–Crippen LogP) is 4.44. The van der Waals surface area contributed by atoms with Gasteiger partial charge in [-0.3, -0.25) is 9.59 Å². The van der Waals surface area contributed by atoms with Gasteiger partial charge in [0.05, 0.1) is 6.61 Å². The number of carbonyl (C=O) groups is 2. The molecular weight excluding hydrogens is 280 g/mol. The van der Waals surface area contributed by atoms with Crippen molar-refractivity contribution in [2.24, 2.45) is 0 Å². The lowest BCUT2D eigenvalue weighted by Crippen LogP contribution is -2.39. The van der Waals surface area contributed by atoms with Gasteiger partial charge >= 0.3 is 5.97 Å². The molecule has 0 fully saturated rings. The van der Waals surface area contributed by atoms with E-state index in [1.54, 1.807) is 14.0 Å². The minimum Gasteiger partial charge on any atom is -0.466 e. The normalized spacial score (nSPS) is 13.6. The van der Waals surface area contributed by atoms with Crippen molar-refractivity contribution >= 4 is 11.8 Å².